The average Bonchev–Trinajstić information content (AvgIpc) is 3.47. The van der Waals surface area contributed by atoms with Crippen LogP contribution in [-0.2, 0) is 0 Å². The molecule has 0 saturated carbocycles. The van der Waals surface area contributed by atoms with Crippen LogP contribution in [0.15, 0.2) is 91.0 Å². The van der Waals surface area contributed by atoms with Gasteiger partial charge in [-0.15, -0.1) is 0 Å². The molecule has 0 bridgehead atoms. The van der Waals surface area contributed by atoms with Gasteiger partial charge in [0.15, 0.2) is 8.24 Å². The molecule has 132 valence electrons. The van der Waals surface area contributed by atoms with Crippen LogP contribution < -0.4 is 15.6 Å². The van der Waals surface area contributed by atoms with Crippen LogP contribution in [0.5, 0.6) is 0 Å². The minimum absolute atomic E-state index is 1.44. The van der Waals surface area contributed by atoms with E-state index in [1.54, 1.807) is 0 Å². The van der Waals surface area contributed by atoms with Crippen molar-refractivity contribution in [2.45, 2.75) is 19.6 Å². The van der Waals surface area contributed by atoms with Crippen molar-refractivity contribution < 1.29 is 0 Å². The van der Waals surface area contributed by atoms with Crippen molar-refractivity contribution in [3.05, 3.63) is 91.0 Å². The van der Waals surface area contributed by atoms with E-state index in [4.69, 9.17) is 0 Å². The molecule has 0 aliphatic heterocycles. The van der Waals surface area contributed by atoms with Gasteiger partial charge in [-0.2, -0.15) is 0 Å². The van der Waals surface area contributed by atoms with Crippen LogP contribution in [0, 0.1) is 0 Å². The predicted octanol–water partition coefficient (Wildman–Crippen LogP) is 3.55. The zero-order chi connectivity index (χ0) is 18.2. The van der Waals surface area contributed by atoms with Gasteiger partial charge in [0, 0.05) is 11.7 Å². The minimum Gasteiger partial charge on any atom is -0.256 e. The van der Waals surface area contributed by atoms with E-state index >= 15 is 0 Å². The fourth-order valence-corrected chi connectivity index (χ4v) is 13.7. The van der Waals surface area contributed by atoms with Gasteiger partial charge in [-0.1, -0.05) is 91.0 Å². The van der Waals surface area contributed by atoms with Crippen molar-refractivity contribution in [3.63, 3.8) is 0 Å². The summed E-state index contributed by atoms with van der Waals surface area (Å²) < 4.78 is 5.20. The summed E-state index contributed by atoms with van der Waals surface area (Å²) in [5, 5.41) is 4.31. The highest BCUT2D eigenvalue weighted by atomic mass is 32.1. The number of benzene rings is 3. The first-order valence-corrected chi connectivity index (χ1v) is 15.1. The molecule has 0 spiro atoms. The maximum Gasteiger partial charge on any atom is 0.291 e. The van der Waals surface area contributed by atoms with E-state index in [1.807, 2.05) is 11.7 Å². The molecule has 26 heavy (non-hydrogen) atoms. The van der Waals surface area contributed by atoms with Crippen molar-refractivity contribution in [2.75, 3.05) is 0 Å². The summed E-state index contributed by atoms with van der Waals surface area (Å²) in [6, 6.07) is 33.3. The van der Waals surface area contributed by atoms with E-state index in [2.05, 4.69) is 118 Å². The molecule has 0 saturated heterocycles. The standard InChI is InChI=1S/C21H24N2SSi2/c1-25(2,3)22-23(24-22)26(19-13-7-4-8-14-19,20-15-9-5-10-16-20)21-17-11-6-12-18-21/h4-18H,1-3H3. The van der Waals surface area contributed by atoms with Crippen LogP contribution >= 0.6 is 11.7 Å². The lowest BCUT2D eigenvalue weighted by Gasteiger charge is -2.31. The zero-order valence-corrected chi connectivity index (χ0v) is 18.3. The van der Waals surface area contributed by atoms with Gasteiger partial charge in [-0.05, 0) is 35.2 Å². The first kappa shape index (κ1) is 17.3. The average molecular weight is 393 g/mol. The Morgan fingerprint density at radius 2 is 0.885 bits per heavy atom. The monoisotopic (exact) mass is 392 g/mol. The third-order valence-corrected chi connectivity index (χ3v) is 14.3. The second kappa shape index (κ2) is 6.57. The Hall–Kier alpha value is -2.09. The largest absolute Gasteiger partial charge is 0.291 e. The molecule has 5 heteroatoms. The Bertz CT molecular complexity index is 867. The molecule has 2 nitrogen and oxygen atoms in total. The van der Waals surface area contributed by atoms with Gasteiger partial charge < -0.3 is 0 Å². The molecular weight excluding hydrogens is 368 g/mol. The van der Waals surface area contributed by atoms with Crippen LogP contribution in [0.25, 0.3) is 0 Å². The molecule has 0 fully saturated rings. The first-order valence-electron chi connectivity index (χ1n) is 8.99. The van der Waals surface area contributed by atoms with E-state index in [0.29, 0.717) is 0 Å². The Morgan fingerprint density at radius 1 is 0.538 bits per heavy atom. The fourth-order valence-electron chi connectivity index (χ4n) is 3.52. The molecule has 4 aromatic rings. The van der Waals surface area contributed by atoms with Crippen LogP contribution in [0.4, 0.5) is 0 Å². The molecule has 1 aromatic heterocycles. The third kappa shape index (κ3) is 2.86. The molecule has 0 radical (unpaired) electrons. The van der Waals surface area contributed by atoms with Crippen LogP contribution in [0.1, 0.15) is 0 Å². The van der Waals surface area contributed by atoms with Gasteiger partial charge in [0.25, 0.3) is 8.24 Å². The Morgan fingerprint density at radius 3 is 1.15 bits per heavy atom. The second-order valence-electron chi connectivity index (χ2n) is 7.61. The smallest absolute Gasteiger partial charge is 0.256 e. The zero-order valence-electron chi connectivity index (χ0n) is 15.5. The van der Waals surface area contributed by atoms with E-state index in [9.17, 15) is 0 Å². The van der Waals surface area contributed by atoms with Gasteiger partial charge >= 0.3 is 0 Å². The molecule has 0 aliphatic carbocycles. The van der Waals surface area contributed by atoms with Crippen molar-refractivity contribution in [3.8, 4) is 0 Å². The quantitative estimate of drug-likeness (QED) is 0.363. The molecule has 0 atom stereocenters. The minimum atomic E-state index is -2.31. The van der Waals surface area contributed by atoms with Gasteiger partial charge in [0.1, 0.15) is 0 Å². The summed E-state index contributed by atoms with van der Waals surface area (Å²) >= 11 is 1.93. The van der Waals surface area contributed by atoms with Crippen molar-refractivity contribution >= 4 is 43.8 Å². The highest BCUT2D eigenvalue weighted by molar-refractivity contribution is 7.25. The number of hydrogen-bond acceptors (Lipinski definition) is 1. The summed E-state index contributed by atoms with van der Waals surface area (Å²) in [4.78, 5) is 0. The molecule has 0 unspecified atom stereocenters. The molecule has 0 amide bonds. The summed E-state index contributed by atoms with van der Waals surface area (Å²) in [6.45, 7) is 7.25. The number of aromatic nitrogens is 2. The Balaban J connectivity index is 2.06. The maximum absolute atomic E-state index is 2.62. The third-order valence-electron chi connectivity index (χ3n) is 4.73. The SMILES string of the molecule is C[Si](C)(C)n1sn1[Si](c1ccccc1)(c1ccccc1)c1ccccc1. The lowest BCUT2D eigenvalue weighted by molar-refractivity contribution is 1.06. The topological polar surface area (TPSA) is 9.86 Å². The van der Waals surface area contributed by atoms with E-state index in [0.717, 1.165) is 0 Å². The van der Waals surface area contributed by atoms with Gasteiger partial charge in [-0.25, -0.2) is 3.74 Å². The van der Waals surface area contributed by atoms with E-state index in [-0.39, 0.29) is 0 Å². The molecular formula is C21H24N2SSi2. The molecule has 1 heterocycles. The Labute approximate surface area is 161 Å². The van der Waals surface area contributed by atoms with Gasteiger partial charge in [-0.3, -0.25) is 3.74 Å². The summed E-state index contributed by atoms with van der Waals surface area (Å²) in [5.41, 5.74) is 0. The number of hydrogen-bond donors (Lipinski definition) is 0. The molecule has 4 rings (SSSR count). The van der Waals surface area contributed by atoms with Gasteiger partial charge in [0.2, 0.25) is 0 Å². The summed E-state index contributed by atoms with van der Waals surface area (Å²) in [5.74, 6) is 0. The van der Waals surface area contributed by atoms with Crippen LogP contribution in [0.3, 0.4) is 0 Å². The van der Waals surface area contributed by atoms with E-state index in [1.165, 1.54) is 15.6 Å². The summed E-state index contributed by atoms with van der Waals surface area (Å²) in [7, 11) is -3.74. The lowest BCUT2D eigenvalue weighted by Crippen LogP contribution is -2.71. The van der Waals surface area contributed by atoms with Crippen LogP contribution in [0.2, 0.25) is 19.6 Å². The van der Waals surface area contributed by atoms with Gasteiger partial charge in [0.05, 0.1) is 0 Å². The van der Waals surface area contributed by atoms with Crippen molar-refractivity contribution in [2.24, 2.45) is 0 Å². The molecule has 3 aromatic carbocycles. The number of nitrogens with zero attached hydrogens (tertiary/aromatic N) is 2. The fraction of sp³-hybridized carbons (Fsp3) is 0.143. The first-order chi connectivity index (χ1) is 12.5. The highest BCUT2D eigenvalue weighted by Crippen LogP contribution is 2.25. The van der Waals surface area contributed by atoms with Crippen molar-refractivity contribution in [1.82, 2.24) is 7.47 Å². The van der Waals surface area contributed by atoms with E-state index < -0.39 is 16.5 Å². The second-order valence-corrected chi connectivity index (χ2v) is 17.5. The van der Waals surface area contributed by atoms with Crippen molar-refractivity contribution in [1.29, 1.82) is 0 Å². The lowest BCUT2D eigenvalue weighted by atomic mass is 10.3. The Kier molecular flexibility index (Phi) is 4.38. The normalized spacial score (nSPS) is 12.4. The molecule has 0 aliphatic rings. The predicted molar refractivity (Wildman–Crippen MR) is 118 cm³/mol. The summed E-state index contributed by atoms with van der Waals surface area (Å²) in [6.07, 6.45) is 0. The highest BCUT2D eigenvalue weighted by Gasteiger charge is 2.48. The molecule has 0 N–H and O–H groups in total. The number of rotatable bonds is 5. The van der Waals surface area contributed by atoms with Crippen LogP contribution in [-0.4, -0.2) is 23.9 Å². The maximum atomic E-state index is 2.62.